The molecule has 0 aromatic rings. The molecule has 0 aromatic heterocycles. The predicted molar refractivity (Wildman–Crippen MR) is 330 cm³/mol. The van der Waals surface area contributed by atoms with E-state index in [0.717, 1.165) is 89.9 Å². The van der Waals surface area contributed by atoms with Gasteiger partial charge < -0.3 is 14.2 Å². The van der Waals surface area contributed by atoms with Crippen molar-refractivity contribution in [1.29, 1.82) is 0 Å². The second kappa shape index (κ2) is 64.4. The molecule has 0 saturated carbocycles. The largest absolute Gasteiger partial charge is 0.462 e. The molecule has 0 heterocycles. The average molecular weight is 1060 g/mol. The first-order chi connectivity index (χ1) is 37.5. The number of allylic oxidation sites excluding steroid dienone is 12. The van der Waals surface area contributed by atoms with Gasteiger partial charge in [-0.15, -0.1) is 0 Å². The molecule has 0 bridgehead atoms. The zero-order chi connectivity index (χ0) is 55.0. The third kappa shape index (κ3) is 61.7. The van der Waals surface area contributed by atoms with Crippen LogP contribution in [0.1, 0.15) is 335 Å². The highest BCUT2D eigenvalue weighted by Crippen LogP contribution is 2.17. The summed E-state index contributed by atoms with van der Waals surface area (Å²) in [6, 6.07) is 0. The molecule has 0 aliphatic heterocycles. The van der Waals surface area contributed by atoms with Gasteiger partial charge in [-0.05, 0) is 89.9 Å². The Morgan fingerprint density at radius 2 is 0.513 bits per heavy atom. The van der Waals surface area contributed by atoms with Gasteiger partial charge in [-0.25, -0.2) is 0 Å². The standard InChI is InChI=1S/C70H124O6/c1-4-7-10-13-16-19-22-25-27-29-31-33-35-37-39-41-43-45-48-51-54-57-60-63-69(72)75-66-67(65-74-68(71)62-59-56-53-50-47-24-21-18-15-12-9-6-3)76-70(73)64-61-58-55-52-49-46-44-42-40-38-36-34-32-30-28-26-23-20-17-14-11-8-5-2/h7,10,16,19,23,25-27,30-33,67H,4-6,8-9,11-15,17-18,20-22,24,28-29,34-66H2,1-3H3/b10-7-,19-16-,26-23-,27-25-,32-30-,33-31-. The number of carbonyl (C=O) groups excluding carboxylic acids is 3. The first-order valence-corrected chi connectivity index (χ1v) is 32.9. The van der Waals surface area contributed by atoms with Crippen LogP contribution in [-0.4, -0.2) is 37.2 Å². The topological polar surface area (TPSA) is 78.9 Å². The lowest BCUT2D eigenvalue weighted by Gasteiger charge is -2.18. The average Bonchev–Trinajstić information content (AvgIpc) is 3.42. The fourth-order valence-electron chi connectivity index (χ4n) is 9.53. The van der Waals surface area contributed by atoms with Gasteiger partial charge in [-0.3, -0.25) is 14.4 Å². The van der Waals surface area contributed by atoms with E-state index >= 15 is 0 Å². The molecule has 0 saturated heterocycles. The maximum Gasteiger partial charge on any atom is 0.306 e. The summed E-state index contributed by atoms with van der Waals surface area (Å²) in [5, 5.41) is 0. The molecular weight excluding hydrogens is 937 g/mol. The number of unbranched alkanes of at least 4 members (excludes halogenated alkanes) is 37. The van der Waals surface area contributed by atoms with Crippen molar-refractivity contribution >= 4 is 17.9 Å². The maximum absolute atomic E-state index is 12.9. The summed E-state index contributed by atoms with van der Waals surface area (Å²) in [7, 11) is 0. The molecule has 0 aliphatic carbocycles. The minimum absolute atomic E-state index is 0.0737. The Hall–Kier alpha value is -3.15. The van der Waals surface area contributed by atoms with Crippen molar-refractivity contribution in [2.75, 3.05) is 13.2 Å². The van der Waals surface area contributed by atoms with Crippen molar-refractivity contribution in [2.45, 2.75) is 341 Å². The van der Waals surface area contributed by atoms with Crippen LogP contribution < -0.4 is 0 Å². The Bertz CT molecular complexity index is 1400. The Kier molecular flexibility index (Phi) is 61.7. The highest BCUT2D eigenvalue weighted by Gasteiger charge is 2.19. The van der Waals surface area contributed by atoms with Gasteiger partial charge in [0, 0.05) is 19.3 Å². The summed E-state index contributed by atoms with van der Waals surface area (Å²) in [6.45, 7) is 6.55. The lowest BCUT2D eigenvalue weighted by atomic mass is 10.0. The second-order valence-corrected chi connectivity index (χ2v) is 22.0. The van der Waals surface area contributed by atoms with Gasteiger partial charge in [-0.2, -0.15) is 0 Å². The Balaban J connectivity index is 4.29. The van der Waals surface area contributed by atoms with E-state index in [1.54, 1.807) is 0 Å². The van der Waals surface area contributed by atoms with Crippen LogP contribution in [0.3, 0.4) is 0 Å². The van der Waals surface area contributed by atoms with Crippen LogP contribution in [0.4, 0.5) is 0 Å². The van der Waals surface area contributed by atoms with Crippen LogP contribution in [0.15, 0.2) is 72.9 Å². The van der Waals surface area contributed by atoms with Gasteiger partial charge in [0.1, 0.15) is 13.2 Å². The molecule has 0 spiro atoms. The van der Waals surface area contributed by atoms with Gasteiger partial charge in [0.05, 0.1) is 0 Å². The quantitative estimate of drug-likeness (QED) is 0.0261. The molecule has 6 heteroatoms. The highest BCUT2D eigenvalue weighted by atomic mass is 16.6. The van der Waals surface area contributed by atoms with Crippen LogP contribution in [0.5, 0.6) is 0 Å². The molecule has 440 valence electrons. The lowest BCUT2D eigenvalue weighted by molar-refractivity contribution is -0.167. The van der Waals surface area contributed by atoms with E-state index < -0.39 is 6.10 Å². The summed E-state index contributed by atoms with van der Waals surface area (Å²) in [5.41, 5.74) is 0. The molecule has 76 heavy (non-hydrogen) atoms. The van der Waals surface area contributed by atoms with E-state index in [4.69, 9.17) is 14.2 Å². The summed E-state index contributed by atoms with van der Waals surface area (Å²) in [6.07, 6.45) is 83.4. The summed E-state index contributed by atoms with van der Waals surface area (Å²) in [4.78, 5) is 38.3. The molecule has 0 rings (SSSR count). The first-order valence-electron chi connectivity index (χ1n) is 32.9. The summed E-state index contributed by atoms with van der Waals surface area (Å²) >= 11 is 0. The number of carbonyl (C=O) groups is 3. The SMILES string of the molecule is CC/C=C\C/C=C\C/C=C\C/C=C\CCCCCCCCCCCCC(=O)OCC(COC(=O)CCCCCCCCCCCCCC)OC(=O)CCCCCCCCCCCCC/C=C\C/C=C\CCCCCCC. The number of ether oxygens (including phenoxy) is 3. The minimum atomic E-state index is -0.777. The third-order valence-corrected chi connectivity index (χ3v) is 14.4. The minimum Gasteiger partial charge on any atom is -0.462 e. The normalized spacial score (nSPS) is 12.5. The molecule has 0 N–H and O–H groups in total. The van der Waals surface area contributed by atoms with E-state index in [9.17, 15) is 14.4 Å². The number of hydrogen-bond acceptors (Lipinski definition) is 6. The Labute approximate surface area is 472 Å². The number of esters is 3. The van der Waals surface area contributed by atoms with Crippen molar-refractivity contribution in [3.63, 3.8) is 0 Å². The van der Waals surface area contributed by atoms with E-state index in [2.05, 4.69) is 93.7 Å². The predicted octanol–water partition coefficient (Wildman–Crippen LogP) is 22.5. The zero-order valence-electron chi connectivity index (χ0n) is 50.5. The van der Waals surface area contributed by atoms with Crippen molar-refractivity contribution < 1.29 is 28.6 Å². The summed E-state index contributed by atoms with van der Waals surface area (Å²) in [5.74, 6) is -0.863. The fraction of sp³-hybridized carbons (Fsp3) is 0.786. The maximum atomic E-state index is 12.9. The van der Waals surface area contributed by atoms with E-state index in [-0.39, 0.29) is 31.1 Å². The van der Waals surface area contributed by atoms with Gasteiger partial charge in [0.2, 0.25) is 0 Å². The van der Waals surface area contributed by atoms with Crippen LogP contribution in [0.2, 0.25) is 0 Å². The molecule has 1 unspecified atom stereocenters. The molecule has 0 radical (unpaired) electrons. The summed E-state index contributed by atoms with van der Waals surface area (Å²) < 4.78 is 16.9. The molecule has 6 nitrogen and oxygen atoms in total. The van der Waals surface area contributed by atoms with Gasteiger partial charge in [0.25, 0.3) is 0 Å². The van der Waals surface area contributed by atoms with Crippen molar-refractivity contribution in [3.8, 4) is 0 Å². The molecule has 0 aliphatic rings. The van der Waals surface area contributed by atoms with E-state index in [0.29, 0.717) is 19.3 Å². The van der Waals surface area contributed by atoms with Crippen LogP contribution in [0, 0.1) is 0 Å². The first kappa shape index (κ1) is 72.8. The van der Waals surface area contributed by atoms with E-state index in [1.807, 2.05) is 0 Å². The number of hydrogen-bond donors (Lipinski definition) is 0. The smallest absolute Gasteiger partial charge is 0.306 e. The van der Waals surface area contributed by atoms with Gasteiger partial charge in [0.15, 0.2) is 6.10 Å². The highest BCUT2D eigenvalue weighted by molar-refractivity contribution is 5.71. The fourth-order valence-corrected chi connectivity index (χ4v) is 9.53. The van der Waals surface area contributed by atoms with Crippen molar-refractivity contribution in [3.05, 3.63) is 72.9 Å². The Morgan fingerprint density at radius 3 is 0.803 bits per heavy atom. The molecule has 0 amide bonds. The lowest BCUT2D eigenvalue weighted by Crippen LogP contribution is -2.30. The second-order valence-electron chi connectivity index (χ2n) is 22.0. The van der Waals surface area contributed by atoms with Crippen molar-refractivity contribution in [2.24, 2.45) is 0 Å². The number of rotatable bonds is 60. The van der Waals surface area contributed by atoms with E-state index in [1.165, 1.54) is 205 Å². The monoisotopic (exact) mass is 1060 g/mol. The Morgan fingerprint density at radius 1 is 0.276 bits per heavy atom. The van der Waals surface area contributed by atoms with Crippen LogP contribution in [-0.2, 0) is 28.6 Å². The van der Waals surface area contributed by atoms with Gasteiger partial charge in [-0.1, -0.05) is 299 Å². The van der Waals surface area contributed by atoms with Crippen LogP contribution in [0.25, 0.3) is 0 Å². The third-order valence-electron chi connectivity index (χ3n) is 14.4. The molecule has 0 aromatic carbocycles. The van der Waals surface area contributed by atoms with Crippen molar-refractivity contribution in [1.82, 2.24) is 0 Å². The molecule has 0 fully saturated rings. The molecular formula is C70H124O6. The molecule has 1 atom stereocenters. The van der Waals surface area contributed by atoms with Gasteiger partial charge >= 0.3 is 17.9 Å². The van der Waals surface area contributed by atoms with Crippen LogP contribution >= 0.6 is 0 Å². The zero-order valence-corrected chi connectivity index (χ0v) is 50.5.